The SMILES string of the molecule is CCCN(CCC)OC(=O)CC(C)=O. The van der Waals surface area contributed by atoms with Crippen LogP contribution in [0.5, 0.6) is 0 Å². The lowest BCUT2D eigenvalue weighted by molar-refractivity contribution is -0.190. The summed E-state index contributed by atoms with van der Waals surface area (Å²) in [5, 5.41) is 1.62. The van der Waals surface area contributed by atoms with Crippen molar-refractivity contribution in [3.05, 3.63) is 0 Å². The molecule has 0 aliphatic heterocycles. The molecule has 0 radical (unpaired) electrons. The van der Waals surface area contributed by atoms with E-state index in [1.54, 1.807) is 5.06 Å². The van der Waals surface area contributed by atoms with Crippen LogP contribution in [0.1, 0.15) is 40.0 Å². The highest BCUT2D eigenvalue weighted by molar-refractivity contribution is 5.93. The normalized spacial score (nSPS) is 10.3. The highest BCUT2D eigenvalue weighted by Gasteiger charge is 2.11. The van der Waals surface area contributed by atoms with Gasteiger partial charge in [0.05, 0.1) is 0 Å². The Balaban J connectivity index is 3.88. The summed E-state index contributed by atoms with van der Waals surface area (Å²) in [7, 11) is 0. The lowest BCUT2D eigenvalue weighted by Gasteiger charge is -2.19. The van der Waals surface area contributed by atoms with Crippen molar-refractivity contribution < 1.29 is 14.4 Å². The first-order chi connectivity index (χ1) is 6.60. The van der Waals surface area contributed by atoms with Crippen molar-refractivity contribution in [2.24, 2.45) is 0 Å². The van der Waals surface area contributed by atoms with Gasteiger partial charge in [-0.1, -0.05) is 13.8 Å². The fraction of sp³-hybridized carbons (Fsp3) is 0.800. The van der Waals surface area contributed by atoms with Crippen LogP contribution in [0.3, 0.4) is 0 Å². The fourth-order valence-corrected chi connectivity index (χ4v) is 1.08. The van der Waals surface area contributed by atoms with Crippen LogP contribution in [-0.4, -0.2) is 29.9 Å². The molecule has 82 valence electrons. The molecule has 0 aliphatic rings. The first-order valence-corrected chi connectivity index (χ1v) is 5.05. The second-order valence-corrected chi connectivity index (χ2v) is 3.27. The van der Waals surface area contributed by atoms with Crippen molar-refractivity contribution in [2.45, 2.75) is 40.0 Å². The van der Waals surface area contributed by atoms with Gasteiger partial charge in [0.25, 0.3) is 0 Å². The van der Waals surface area contributed by atoms with Crippen LogP contribution in [0, 0.1) is 0 Å². The van der Waals surface area contributed by atoms with Crippen LogP contribution in [0.2, 0.25) is 0 Å². The first kappa shape index (κ1) is 13.1. The number of Topliss-reactive ketones (excluding diaryl/α,β-unsaturated/α-hetero) is 1. The first-order valence-electron chi connectivity index (χ1n) is 5.05. The molecule has 0 N–H and O–H groups in total. The highest BCUT2D eigenvalue weighted by atomic mass is 16.7. The van der Waals surface area contributed by atoms with Gasteiger partial charge in [-0.05, 0) is 19.8 Å². The molecular formula is C10H19NO3. The fourth-order valence-electron chi connectivity index (χ4n) is 1.08. The van der Waals surface area contributed by atoms with E-state index in [4.69, 9.17) is 4.84 Å². The van der Waals surface area contributed by atoms with Gasteiger partial charge in [0.2, 0.25) is 0 Å². The molecule has 0 saturated carbocycles. The molecule has 0 bridgehead atoms. The number of ketones is 1. The Hall–Kier alpha value is -0.900. The Morgan fingerprint density at radius 2 is 1.64 bits per heavy atom. The number of carbonyl (C=O) groups excluding carboxylic acids is 2. The number of hydrogen-bond donors (Lipinski definition) is 0. The Kier molecular flexibility index (Phi) is 7.02. The van der Waals surface area contributed by atoms with E-state index in [0.29, 0.717) is 0 Å². The smallest absolute Gasteiger partial charge is 0.332 e. The maximum Gasteiger partial charge on any atom is 0.332 e. The average Bonchev–Trinajstić information content (AvgIpc) is 2.03. The third kappa shape index (κ3) is 6.60. The van der Waals surface area contributed by atoms with Gasteiger partial charge in [0.15, 0.2) is 0 Å². The predicted molar refractivity (Wildman–Crippen MR) is 53.5 cm³/mol. The molecule has 0 fully saturated rings. The summed E-state index contributed by atoms with van der Waals surface area (Å²) in [4.78, 5) is 26.8. The highest BCUT2D eigenvalue weighted by Crippen LogP contribution is 1.98. The zero-order valence-electron chi connectivity index (χ0n) is 9.21. The van der Waals surface area contributed by atoms with Crippen LogP contribution in [0.25, 0.3) is 0 Å². The van der Waals surface area contributed by atoms with Crippen molar-refractivity contribution in [1.82, 2.24) is 5.06 Å². The minimum Gasteiger partial charge on any atom is -0.367 e. The van der Waals surface area contributed by atoms with E-state index >= 15 is 0 Å². The minimum atomic E-state index is -0.459. The lowest BCUT2D eigenvalue weighted by atomic mass is 10.3. The maximum atomic E-state index is 11.1. The molecular weight excluding hydrogens is 182 g/mol. The molecule has 4 heteroatoms. The van der Waals surface area contributed by atoms with Gasteiger partial charge in [-0.25, -0.2) is 4.79 Å². The Morgan fingerprint density at radius 3 is 2.00 bits per heavy atom. The zero-order valence-corrected chi connectivity index (χ0v) is 9.21. The van der Waals surface area contributed by atoms with Gasteiger partial charge in [-0.2, -0.15) is 0 Å². The molecule has 0 atom stereocenters. The molecule has 0 aromatic rings. The Labute approximate surface area is 85.2 Å². The average molecular weight is 201 g/mol. The minimum absolute atomic E-state index is 0.135. The number of hydrogen-bond acceptors (Lipinski definition) is 4. The second-order valence-electron chi connectivity index (χ2n) is 3.27. The predicted octanol–water partition coefficient (Wildman–Crippen LogP) is 1.55. The van der Waals surface area contributed by atoms with Crippen molar-refractivity contribution in [3.8, 4) is 0 Å². The molecule has 14 heavy (non-hydrogen) atoms. The van der Waals surface area contributed by atoms with E-state index in [0.717, 1.165) is 25.9 Å². The van der Waals surface area contributed by atoms with E-state index in [-0.39, 0.29) is 12.2 Å². The lowest BCUT2D eigenvalue weighted by Crippen LogP contribution is -2.29. The van der Waals surface area contributed by atoms with E-state index in [1.165, 1.54) is 6.92 Å². The summed E-state index contributed by atoms with van der Waals surface area (Å²) in [5.41, 5.74) is 0. The van der Waals surface area contributed by atoms with Gasteiger partial charge in [-0.15, -0.1) is 5.06 Å². The number of hydroxylamine groups is 2. The third-order valence-electron chi connectivity index (χ3n) is 1.57. The third-order valence-corrected chi connectivity index (χ3v) is 1.57. The van der Waals surface area contributed by atoms with Crippen molar-refractivity contribution in [1.29, 1.82) is 0 Å². The standard InChI is InChI=1S/C10H19NO3/c1-4-6-11(7-5-2)14-10(13)8-9(3)12/h4-8H2,1-3H3. The molecule has 0 rings (SSSR count). The van der Waals surface area contributed by atoms with Crippen LogP contribution in [0.4, 0.5) is 0 Å². The monoisotopic (exact) mass is 201 g/mol. The van der Waals surface area contributed by atoms with Crippen molar-refractivity contribution in [3.63, 3.8) is 0 Å². The molecule has 0 unspecified atom stereocenters. The van der Waals surface area contributed by atoms with E-state index < -0.39 is 5.97 Å². The molecule has 0 saturated heterocycles. The quantitative estimate of drug-likeness (QED) is 0.463. The van der Waals surface area contributed by atoms with E-state index in [1.807, 2.05) is 13.8 Å². The summed E-state index contributed by atoms with van der Waals surface area (Å²) >= 11 is 0. The Bertz CT molecular complexity index is 186. The summed E-state index contributed by atoms with van der Waals surface area (Å²) in [6.07, 6.45) is 1.71. The van der Waals surface area contributed by atoms with Gasteiger partial charge in [-0.3, -0.25) is 4.79 Å². The molecule has 4 nitrogen and oxygen atoms in total. The van der Waals surface area contributed by atoms with Crippen LogP contribution in [-0.2, 0) is 14.4 Å². The van der Waals surface area contributed by atoms with E-state index in [2.05, 4.69) is 0 Å². The Morgan fingerprint density at radius 1 is 1.14 bits per heavy atom. The van der Waals surface area contributed by atoms with Gasteiger partial charge < -0.3 is 4.84 Å². The summed E-state index contributed by atoms with van der Waals surface area (Å²) in [6, 6.07) is 0. The van der Waals surface area contributed by atoms with Crippen molar-refractivity contribution in [2.75, 3.05) is 13.1 Å². The summed E-state index contributed by atoms with van der Waals surface area (Å²) in [6.45, 7) is 6.85. The number of rotatable bonds is 7. The summed E-state index contributed by atoms with van der Waals surface area (Å²) < 4.78 is 0. The molecule has 0 amide bonds. The molecule has 0 aliphatic carbocycles. The number of carbonyl (C=O) groups is 2. The second kappa shape index (κ2) is 7.50. The zero-order chi connectivity index (χ0) is 11.0. The maximum absolute atomic E-state index is 11.1. The van der Waals surface area contributed by atoms with Gasteiger partial charge in [0.1, 0.15) is 12.2 Å². The summed E-state index contributed by atoms with van der Waals surface area (Å²) in [5.74, 6) is -0.623. The topological polar surface area (TPSA) is 46.6 Å². The van der Waals surface area contributed by atoms with Crippen LogP contribution < -0.4 is 0 Å². The molecule has 0 aromatic heterocycles. The largest absolute Gasteiger partial charge is 0.367 e. The molecule has 0 spiro atoms. The van der Waals surface area contributed by atoms with Crippen molar-refractivity contribution >= 4 is 11.8 Å². The van der Waals surface area contributed by atoms with Gasteiger partial charge >= 0.3 is 5.97 Å². The van der Waals surface area contributed by atoms with Gasteiger partial charge in [0, 0.05) is 13.1 Å². The molecule has 0 heterocycles. The number of nitrogens with zero attached hydrogens (tertiary/aromatic N) is 1. The van der Waals surface area contributed by atoms with Crippen LogP contribution in [0.15, 0.2) is 0 Å². The van der Waals surface area contributed by atoms with Crippen LogP contribution >= 0.6 is 0 Å². The molecule has 0 aromatic carbocycles. The van der Waals surface area contributed by atoms with E-state index in [9.17, 15) is 9.59 Å².